The first-order valence-corrected chi connectivity index (χ1v) is 9.90. The molecule has 1 amide bonds. The van der Waals surface area contributed by atoms with Crippen LogP contribution in [0, 0.1) is 0 Å². The van der Waals surface area contributed by atoms with E-state index in [1.807, 2.05) is 30.3 Å². The van der Waals surface area contributed by atoms with Crippen LogP contribution in [0.5, 0.6) is 17.2 Å². The second-order valence-electron chi connectivity index (χ2n) is 5.39. The molecule has 0 bridgehead atoms. The van der Waals surface area contributed by atoms with Gasteiger partial charge in [-0.3, -0.25) is 4.79 Å². The standard InChI is InChI=1S/C19H22BrNO4S/c1-23-16-9-6-14(18(24-2)19(16)25-3)10-21-17(22)12-26-11-13-4-7-15(20)8-5-13/h4-9H,10-12H2,1-3H3,(H,21,22). The number of rotatable bonds is 9. The Bertz CT molecular complexity index is 737. The summed E-state index contributed by atoms with van der Waals surface area (Å²) < 4.78 is 17.1. The quantitative estimate of drug-likeness (QED) is 0.639. The van der Waals surface area contributed by atoms with Gasteiger partial charge in [0.05, 0.1) is 27.1 Å². The Balaban J connectivity index is 1.87. The fourth-order valence-corrected chi connectivity index (χ4v) is 3.47. The molecule has 7 heteroatoms. The topological polar surface area (TPSA) is 56.8 Å². The van der Waals surface area contributed by atoms with Gasteiger partial charge in [-0.2, -0.15) is 0 Å². The molecule has 0 aliphatic carbocycles. The van der Waals surface area contributed by atoms with Crippen LogP contribution in [0.1, 0.15) is 11.1 Å². The number of thioether (sulfide) groups is 1. The van der Waals surface area contributed by atoms with Crippen molar-refractivity contribution in [3.63, 3.8) is 0 Å². The molecule has 0 aliphatic rings. The number of nitrogens with one attached hydrogen (secondary N) is 1. The first-order valence-electron chi connectivity index (χ1n) is 7.95. The van der Waals surface area contributed by atoms with Crippen molar-refractivity contribution >= 4 is 33.6 Å². The van der Waals surface area contributed by atoms with E-state index in [1.165, 1.54) is 5.56 Å². The van der Waals surface area contributed by atoms with Crippen molar-refractivity contribution in [2.75, 3.05) is 27.1 Å². The van der Waals surface area contributed by atoms with E-state index in [2.05, 4.69) is 21.2 Å². The lowest BCUT2D eigenvalue weighted by atomic mass is 10.1. The maximum atomic E-state index is 12.1. The third kappa shape index (κ3) is 5.57. The van der Waals surface area contributed by atoms with Gasteiger partial charge in [0.2, 0.25) is 11.7 Å². The molecule has 2 rings (SSSR count). The SMILES string of the molecule is COc1ccc(CNC(=O)CSCc2ccc(Br)cc2)c(OC)c1OC. The van der Waals surface area contributed by atoms with Gasteiger partial charge < -0.3 is 19.5 Å². The zero-order valence-corrected chi connectivity index (χ0v) is 17.4. The van der Waals surface area contributed by atoms with Gasteiger partial charge in [0.1, 0.15) is 0 Å². The molecule has 2 aromatic rings. The van der Waals surface area contributed by atoms with E-state index in [4.69, 9.17) is 14.2 Å². The highest BCUT2D eigenvalue weighted by Gasteiger charge is 2.16. The molecule has 140 valence electrons. The van der Waals surface area contributed by atoms with Gasteiger partial charge in [-0.25, -0.2) is 0 Å². The van der Waals surface area contributed by atoms with Crippen LogP contribution in [0.2, 0.25) is 0 Å². The highest BCUT2D eigenvalue weighted by Crippen LogP contribution is 2.39. The molecule has 0 fully saturated rings. The maximum Gasteiger partial charge on any atom is 0.230 e. The Morgan fingerprint density at radius 3 is 2.31 bits per heavy atom. The molecule has 0 aromatic heterocycles. The fourth-order valence-electron chi connectivity index (χ4n) is 2.39. The Hall–Kier alpha value is -1.86. The number of methoxy groups -OCH3 is 3. The number of ether oxygens (including phenoxy) is 3. The Morgan fingerprint density at radius 1 is 1.00 bits per heavy atom. The van der Waals surface area contributed by atoms with Crippen molar-refractivity contribution in [2.45, 2.75) is 12.3 Å². The molecule has 26 heavy (non-hydrogen) atoms. The van der Waals surface area contributed by atoms with E-state index >= 15 is 0 Å². The second kappa shape index (κ2) is 10.3. The minimum absolute atomic E-state index is 0.0241. The predicted octanol–water partition coefficient (Wildman–Crippen LogP) is 4.02. The lowest BCUT2D eigenvalue weighted by Crippen LogP contribution is -2.25. The first-order chi connectivity index (χ1) is 12.6. The van der Waals surface area contributed by atoms with Crippen LogP contribution in [-0.4, -0.2) is 33.0 Å². The summed E-state index contributed by atoms with van der Waals surface area (Å²) in [4.78, 5) is 12.1. The molecule has 0 unspecified atom stereocenters. The van der Waals surface area contributed by atoms with Gasteiger partial charge in [0.15, 0.2) is 11.5 Å². The summed E-state index contributed by atoms with van der Waals surface area (Å²) in [5.41, 5.74) is 2.02. The molecule has 2 aromatic carbocycles. The van der Waals surface area contributed by atoms with Crippen LogP contribution < -0.4 is 19.5 Å². The van der Waals surface area contributed by atoms with Crippen molar-refractivity contribution in [2.24, 2.45) is 0 Å². The number of benzene rings is 2. The maximum absolute atomic E-state index is 12.1. The lowest BCUT2D eigenvalue weighted by molar-refractivity contribution is -0.118. The largest absolute Gasteiger partial charge is 0.493 e. The zero-order valence-electron chi connectivity index (χ0n) is 15.0. The number of amides is 1. The predicted molar refractivity (Wildman–Crippen MR) is 108 cm³/mol. The molecule has 0 radical (unpaired) electrons. The molecule has 0 aliphatic heterocycles. The zero-order chi connectivity index (χ0) is 18.9. The second-order valence-corrected chi connectivity index (χ2v) is 7.29. The summed E-state index contributed by atoms with van der Waals surface area (Å²) in [6.07, 6.45) is 0. The van der Waals surface area contributed by atoms with Crippen LogP contribution in [0.25, 0.3) is 0 Å². The molecule has 0 heterocycles. The van der Waals surface area contributed by atoms with E-state index in [0.717, 1.165) is 15.8 Å². The molecular formula is C19H22BrNO4S. The first kappa shape index (κ1) is 20.5. The normalized spacial score (nSPS) is 10.3. The fraction of sp³-hybridized carbons (Fsp3) is 0.316. The van der Waals surface area contributed by atoms with Crippen molar-refractivity contribution < 1.29 is 19.0 Å². The summed E-state index contributed by atoms with van der Waals surface area (Å²) in [7, 11) is 4.69. The smallest absolute Gasteiger partial charge is 0.230 e. The Morgan fingerprint density at radius 2 is 1.69 bits per heavy atom. The van der Waals surface area contributed by atoms with Gasteiger partial charge in [-0.15, -0.1) is 11.8 Å². The van der Waals surface area contributed by atoms with E-state index in [-0.39, 0.29) is 5.91 Å². The van der Waals surface area contributed by atoms with E-state index in [1.54, 1.807) is 39.2 Å². The molecule has 1 N–H and O–H groups in total. The third-order valence-corrected chi connectivity index (χ3v) is 5.21. The molecular weight excluding hydrogens is 418 g/mol. The number of hydrogen-bond acceptors (Lipinski definition) is 5. The molecule has 0 saturated heterocycles. The lowest BCUT2D eigenvalue weighted by Gasteiger charge is -2.16. The molecule has 0 spiro atoms. The number of halogens is 1. The van der Waals surface area contributed by atoms with Crippen LogP contribution in [0.15, 0.2) is 40.9 Å². The van der Waals surface area contributed by atoms with Gasteiger partial charge in [-0.1, -0.05) is 28.1 Å². The van der Waals surface area contributed by atoms with Crippen LogP contribution in [-0.2, 0) is 17.1 Å². The summed E-state index contributed by atoms with van der Waals surface area (Å²) in [5.74, 6) is 2.83. The number of carbonyl (C=O) groups excluding carboxylic acids is 1. The molecule has 0 atom stereocenters. The average Bonchev–Trinajstić information content (AvgIpc) is 2.66. The van der Waals surface area contributed by atoms with E-state index in [9.17, 15) is 4.79 Å². The summed E-state index contributed by atoms with van der Waals surface area (Å²) in [5, 5.41) is 2.91. The van der Waals surface area contributed by atoms with Crippen LogP contribution in [0.3, 0.4) is 0 Å². The van der Waals surface area contributed by atoms with Gasteiger partial charge in [0.25, 0.3) is 0 Å². The van der Waals surface area contributed by atoms with Crippen molar-refractivity contribution in [1.29, 1.82) is 0 Å². The van der Waals surface area contributed by atoms with E-state index in [0.29, 0.717) is 29.5 Å². The molecule has 5 nitrogen and oxygen atoms in total. The van der Waals surface area contributed by atoms with Crippen LogP contribution >= 0.6 is 27.7 Å². The minimum Gasteiger partial charge on any atom is -0.493 e. The van der Waals surface area contributed by atoms with Crippen molar-refractivity contribution in [3.05, 3.63) is 52.0 Å². The summed E-state index contributed by atoms with van der Waals surface area (Å²) >= 11 is 4.99. The highest BCUT2D eigenvalue weighted by molar-refractivity contribution is 9.10. The third-order valence-electron chi connectivity index (χ3n) is 3.68. The summed E-state index contributed by atoms with van der Waals surface area (Å²) in [6, 6.07) is 11.7. The van der Waals surface area contributed by atoms with Crippen LogP contribution in [0.4, 0.5) is 0 Å². The highest BCUT2D eigenvalue weighted by atomic mass is 79.9. The van der Waals surface area contributed by atoms with E-state index < -0.39 is 0 Å². The van der Waals surface area contributed by atoms with Crippen molar-refractivity contribution in [1.82, 2.24) is 5.32 Å². The number of carbonyl (C=O) groups is 1. The summed E-state index contributed by atoms with van der Waals surface area (Å²) in [6.45, 7) is 0.362. The van der Waals surface area contributed by atoms with Crippen molar-refractivity contribution in [3.8, 4) is 17.2 Å². The Kier molecular flexibility index (Phi) is 8.12. The van der Waals surface area contributed by atoms with Gasteiger partial charge >= 0.3 is 0 Å². The van der Waals surface area contributed by atoms with Gasteiger partial charge in [-0.05, 0) is 29.8 Å². The number of hydrogen-bond donors (Lipinski definition) is 1. The average molecular weight is 440 g/mol. The monoisotopic (exact) mass is 439 g/mol. The molecule has 0 saturated carbocycles. The Labute approximate surface area is 166 Å². The minimum atomic E-state index is -0.0241. The van der Waals surface area contributed by atoms with Gasteiger partial charge in [0, 0.05) is 22.3 Å².